The molecule has 0 saturated heterocycles. The molecule has 0 aliphatic rings. The van der Waals surface area contributed by atoms with Gasteiger partial charge in [-0.05, 0) is 24.5 Å². The molecule has 0 amide bonds. The molecule has 1 atom stereocenters. The van der Waals surface area contributed by atoms with Gasteiger partial charge in [-0.1, -0.05) is 34.1 Å². The summed E-state index contributed by atoms with van der Waals surface area (Å²) in [4.78, 5) is 10.8. The highest BCUT2D eigenvalue weighted by Gasteiger charge is 2.11. The number of rotatable bonds is 5. The number of aryl methyl sites for hydroxylation is 1. The van der Waals surface area contributed by atoms with Crippen molar-refractivity contribution in [2.24, 2.45) is 0 Å². The second-order valence-electron chi connectivity index (χ2n) is 3.55. The standard InChI is InChI=1S/C12H15BrO3/c1-9(14)16-11(8-13)7-6-10-4-2-3-5-12(10)15/h2-5,11,15H,6-8H2,1H3/t11-/m0/s1. The molecule has 0 aromatic heterocycles. The predicted molar refractivity (Wildman–Crippen MR) is 65.8 cm³/mol. The number of para-hydroxylation sites is 1. The normalized spacial score (nSPS) is 12.1. The van der Waals surface area contributed by atoms with Gasteiger partial charge in [0.15, 0.2) is 0 Å². The highest BCUT2D eigenvalue weighted by molar-refractivity contribution is 9.09. The topological polar surface area (TPSA) is 46.5 Å². The van der Waals surface area contributed by atoms with Crippen molar-refractivity contribution in [2.45, 2.75) is 25.9 Å². The van der Waals surface area contributed by atoms with Crippen molar-refractivity contribution in [3.8, 4) is 5.75 Å². The van der Waals surface area contributed by atoms with Crippen LogP contribution in [0.1, 0.15) is 18.9 Å². The molecule has 0 aliphatic carbocycles. The first kappa shape index (κ1) is 13.0. The minimum absolute atomic E-state index is 0.142. The highest BCUT2D eigenvalue weighted by Crippen LogP contribution is 2.19. The number of halogens is 1. The van der Waals surface area contributed by atoms with Crippen molar-refractivity contribution in [3.05, 3.63) is 29.8 Å². The first-order valence-corrected chi connectivity index (χ1v) is 6.25. The van der Waals surface area contributed by atoms with Gasteiger partial charge in [0.05, 0.1) is 0 Å². The van der Waals surface area contributed by atoms with E-state index in [0.29, 0.717) is 23.9 Å². The van der Waals surface area contributed by atoms with Gasteiger partial charge in [-0.25, -0.2) is 0 Å². The molecule has 0 heterocycles. The van der Waals surface area contributed by atoms with Crippen LogP contribution in [0.4, 0.5) is 0 Å². The summed E-state index contributed by atoms with van der Waals surface area (Å²) in [7, 11) is 0. The molecule has 0 bridgehead atoms. The van der Waals surface area contributed by atoms with Crippen molar-refractivity contribution in [1.29, 1.82) is 0 Å². The zero-order valence-electron chi connectivity index (χ0n) is 9.15. The average molecular weight is 287 g/mol. The van der Waals surface area contributed by atoms with Crippen LogP contribution in [0.15, 0.2) is 24.3 Å². The number of hydrogen-bond donors (Lipinski definition) is 1. The lowest BCUT2D eigenvalue weighted by molar-refractivity contribution is -0.145. The average Bonchev–Trinajstić information content (AvgIpc) is 2.25. The third-order valence-electron chi connectivity index (χ3n) is 2.23. The van der Waals surface area contributed by atoms with Gasteiger partial charge in [-0.2, -0.15) is 0 Å². The molecule has 0 spiro atoms. The highest BCUT2D eigenvalue weighted by atomic mass is 79.9. The maximum atomic E-state index is 10.8. The van der Waals surface area contributed by atoms with Crippen LogP contribution in [0.3, 0.4) is 0 Å². The van der Waals surface area contributed by atoms with E-state index in [0.717, 1.165) is 5.56 Å². The van der Waals surface area contributed by atoms with Crippen molar-refractivity contribution in [3.63, 3.8) is 0 Å². The first-order valence-electron chi connectivity index (χ1n) is 5.13. The van der Waals surface area contributed by atoms with Crippen LogP contribution in [0.5, 0.6) is 5.75 Å². The van der Waals surface area contributed by atoms with E-state index in [1.165, 1.54) is 6.92 Å². The summed E-state index contributed by atoms with van der Waals surface area (Å²) in [6.45, 7) is 1.40. The summed E-state index contributed by atoms with van der Waals surface area (Å²) in [5.74, 6) is 0.0142. The van der Waals surface area contributed by atoms with E-state index < -0.39 is 0 Å². The summed E-state index contributed by atoms with van der Waals surface area (Å²) in [5, 5.41) is 10.2. The van der Waals surface area contributed by atoms with Crippen molar-refractivity contribution in [2.75, 3.05) is 5.33 Å². The second-order valence-corrected chi connectivity index (χ2v) is 4.20. The molecule has 88 valence electrons. The number of esters is 1. The monoisotopic (exact) mass is 286 g/mol. The molecule has 4 heteroatoms. The lowest BCUT2D eigenvalue weighted by Gasteiger charge is -2.14. The zero-order valence-corrected chi connectivity index (χ0v) is 10.7. The van der Waals surface area contributed by atoms with E-state index in [2.05, 4.69) is 15.9 Å². The molecule has 1 rings (SSSR count). The number of phenols is 1. The van der Waals surface area contributed by atoms with Crippen molar-refractivity contribution < 1.29 is 14.6 Å². The van der Waals surface area contributed by atoms with Crippen LogP contribution < -0.4 is 0 Å². The fourth-order valence-electron chi connectivity index (χ4n) is 1.44. The molecule has 0 radical (unpaired) electrons. The molecular weight excluding hydrogens is 272 g/mol. The van der Waals surface area contributed by atoms with Crippen LogP contribution in [0, 0.1) is 0 Å². The number of aromatic hydroxyl groups is 1. The van der Waals surface area contributed by atoms with Crippen LogP contribution in [0.25, 0.3) is 0 Å². The molecule has 1 aromatic rings. The van der Waals surface area contributed by atoms with Gasteiger partial charge in [-0.3, -0.25) is 4.79 Å². The van der Waals surface area contributed by atoms with E-state index in [1.807, 2.05) is 12.1 Å². The lowest BCUT2D eigenvalue weighted by atomic mass is 10.1. The van der Waals surface area contributed by atoms with Gasteiger partial charge in [0, 0.05) is 12.3 Å². The van der Waals surface area contributed by atoms with E-state index in [9.17, 15) is 9.90 Å². The van der Waals surface area contributed by atoms with Crippen LogP contribution >= 0.6 is 15.9 Å². The van der Waals surface area contributed by atoms with Gasteiger partial charge >= 0.3 is 5.97 Å². The van der Waals surface area contributed by atoms with Gasteiger partial charge < -0.3 is 9.84 Å². The van der Waals surface area contributed by atoms with Crippen LogP contribution in [-0.4, -0.2) is 22.5 Å². The SMILES string of the molecule is CC(=O)O[C@H](CBr)CCc1ccccc1O. The Morgan fingerprint density at radius 2 is 2.19 bits per heavy atom. The Hall–Kier alpha value is -1.03. The summed E-state index contributed by atoms with van der Waals surface area (Å²) in [6, 6.07) is 7.19. The fourth-order valence-corrected chi connectivity index (χ4v) is 1.90. The van der Waals surface area contributed by atoms with Gasteiger partial charge in [0.2, 0.25) is 0 Å². The molecule has 0 unspecified atom stereocenters. The Labute approximate surface area is 104 Å². The van der Waals surface area contributed by atoms with E-state index in [1.54, 1.807) is 12.1 Å². The molecule has 3 nitrogen and oxygen atoms in total. The summed E-state index contributed by atoms with van der Waals surface area (Å²) in [6.07, 6.45) is 1.25. The van der Waals surface area contributed by atoms with Gasteiger partial charge in [0.25, 0.3) is 0 Å². The molecule has 0 fully saturated rings. The Balaban J connectivity index is 2.49. The largest absolute Gasteiger partial charge is 0.508 e. The number of hydrogen-bond acceptors (Lipinski definition) is 3. The fraction of sp³-hybridized carbons (Fsp3) is 0.417. The quantitative estimate of drug-likeness (QED) is 0.669. The zero-order chi connectivity index (χ0) is 12.0. The lowest BCUT2D eigenvalue weighted by Crippen LogP contribution is -2.18. The second kappa shape index (κ2) is 6.53. The Kier molecular flexibility index (Phi) is 5.32. The third-order valence-corrected chi connectivity index (χ3v) is 2.95. The van der Waals surface area contributed by atoms with E-state index in [4.69, 9.17) is 4.74 Å². The summed E-state index contributed by atoms with van der Waals surface area (Å²) < 4.78 is 5.09. The number of carbonyl (C=O) groups is 1. The first-order chi connectivity index (χ1) is 7.63. The number of ether oxygens (including phenoxy) is 1. The molecule has 1 aromatic carbocycles. The van der Waals surface area contributed by atoms with Crippen LogP contribution in [-0.2, 0) is 16.0 Å². The maximum absolute atomic E-state index is 10.8. The van der Waals surface area contributed by atoms with Gasteiger partial charge in [-0.15, -0.1) is 0 Å². The molecule has 1 N–H and O–H groups in total. The number of phenolic OH excluding ortho intramolecular Hbond substituents is 1. The third kappa shape index (κ3) is 4.23. The van der Waals surface area contributed by atoms with E-state index in [-0.39, 0.29) is 12.1 Å². The van der Waals surface area contributed by atoms with E-state index >= 15 is 0 Å². The Morgan fingerprint density at radius 1 is 1.50 bits per heavy atom. The Morgan fingerprint density at radius 3 is 2.75 bits per heavy atom. The Bertz CT molecular complexity index is 352. The van der Waals surface area contributed by atoms with Gasteiger partial charge in [0.1, 0.15) is 11.9 Å². The smallest absolute Gasteiger partial charge is 0.302 e. The molecule has 0 saturated carbocycles. The van der Waals surface area contributed by atoms with Crippen molar-refractivity contribution in [1.82, 2.24) is 0 Å². The minimum Gasteiger partial charge on any atom is -0.508 e. The molecule has 16 heavy (non-hydrogen) atoms. The summed E-state index contributed by atoms with van der Waals surface area (Å²) in [5.41, 5.74) is 0.876. The molecular formula is C12H15BrO3. The van der Waals surface area contributed by atoms with Crippen LogP contribution in [0.2, 0.25) is 0 Å². The number of carbonyl (C=O) groups excluding carboxylic acids is 1. The van der Waals surface area contributed by atoms with Crippen molar-refractivity contribution >= 4 is 21.9 Å². The number of benzene rings is 1. The number of alkyl halides is 1. The summed E-state index contributed by atoms with van der Waals surface area (Å²) >= 11 is 3.30. The maximum Gasteiger partial charge on any atom is 0.302 e. The predicted octanol–water partition coefficient (Wildman–Crippen LogP) is 2.65. The minimum atomic E-state index is -0.276. The molecule has 0 aliphatic heterocycles.